The third-order valence-corrected chi connectivity index (χ3v) is 5.86. The van der Waals surface area contributed by atoms with Gasteiger partial charge < -0.3 is 19.6 Å². The summed E-state index contributed by atoms with van der Waals surface area (Å²) in [5.74, 6) is 0. The molecule has 2 saturated heterocycles. The SMILES string of the molecule is O=C(O)N1CCN(Cc2ccccc2)C[C@H]1Cc1ccccc1N1CCOCC1. The largest absolute Gasteiger partial charge is 0.465 e. The van der Waals surface area contributed by atoms with Crippen LogP contribution in [0, 0.1) is 0 Å². The summed E-state index contributed by atoms with van der Waals surface area (Å²) in [7, 11) is 0. The number of anilines is 1. The fourth-order valence-corrected chi connectivity index (χ4v) is 4.38. The number of carboxylic acid groups (broad SMARTS) is 1. The molecule has 0 aromatic heterocycles. The predicted molar refractivity (Wildman–Crippen MR) is 113 cm³/mol. The normalized spacial score (nSPS) is 20.6. The van der Waals surface area contributed by atoms with Gasteiger partial charge >= 0.3 is 6.09 Å². The van der Waals surface area contributed by atoms with Crippen molar-refractivity contribution in [2.24, 2.45) is 0 Å². The molecule has 1 N–H and O–H groups in total. The van der Waals surface area contributed by atoms with E-state index in [0.29, 0.717) is 6.54 Å². The molecule has 6 heteroatoms. The number of carbonyl (C=O) groups is 1. The number of rotatable bonds is 5. The fourth-order valence-electron chi connectivity index (χ4n) is 4.38. The summed E-state index contributed by atoms with van der Waals surface area (Å²) in [6.45, 7) is 6.16. The number of nitrogens with zero attached hydrogens (tertiary/aromatic N) is 3. The van der Waals surface area contributed by atoms with Crippen LogP contribution in [0.4, 0.5) is 10.5 Å². The molecule has 0 bridgehead atoms. The molecule has 6 nitrogen and oxygen atoms in total. The molecule has 2 fully saturated rings. The molecule has 2 aliphatic rings. The van der Waals surface area contributed by atoms with Gasteiger partial charge in [0.1, 0.15) is 0 Å². The highest BCUT2D eigenvalue weighted by molar-refractivity contribution is 5.66. The van der Waals surface area contributed by atoms with Crippen LogP contribution in [0.25, 0.3) is 0 Å². The Kier molecular flexibility index (Phi) is 6.32. The number of amides is 1. The van der Waals surface area contributed by atoms with Gasteiger partial charge in [-0.05, 0) is 23.6 Å². The molecule has 2 aromatic carbocycles. The van der Waals surface area contributed by atoms with E-state index in [1.807, 2.05) is 6.07 Å². The fraction of sp³-hybridized carbons (Fsp3) is 0.435. The van der Waals surface area contributed by atoms with Crippen LogP contribution in [-0.2, 0) is 17.7 Å². The van der Waals surface area contributed by atoms with E-state index in [-0.39, 0.29) is 6.04 Å². The van der Waals surface area contributed by atoms with E-state index >= 15 is 0 Å². The molecule has 0 saturated carbocycles. The standard InChI is InChI=1S/C23H29N3O3/c27-23(28)26-11-10-24(17-19-6-2-1-3-7-19)18-21(26)16-20-8-4-5-9-22(20)25-12-14-29-15-13-25/h1-9,21H,10-18H2,(H,27,28)/t21-/m1/s1. The van der Waals surface area contributed by atoms with E-state index in [1.165, 1.54) is 16.8 Å². The van der Waals surface area contributed by atoms with Gasteiger partial charge in [0.05, 0.1) is 19.3 Å². The number of morpholine rings is 1. The van der Waals surface area contributed by atoms with E-state index in [1.54, 1.807) is 4.90 Å². The van der Waals surface area contributed by atoms with E-state index < -0.39 is 6.09 Å². The predicted octanol–water partition coefficient (Wildman–Crippen LogP) is 2.93. The Bertz CT molecular complexity index is 808. The van der Waals surface area contributed by atoms with Gasteiger partial charge in [0.2, 0.25) is 0 Å². The first-order valence-corrected chi connectivity index (χ1v) is 10.4. The Morgan fingerprint density at radius 1 is 0.966 bits per heavy atom. The zero-order valence-electron chi connectivity index (χ0n) is 16.7. The van der Waals surface area contributed by atoms with E-state index in [9.17, 15) is 9.90 Å². The van der Waals surface area contributed by atoms with Crippen molar-refractivity contribution in [3.63, 3.8) is 0 Å². The lowest BCUT2D eigenvalue weighted by Crippen LogP contribution is -2.55. The van der Waals surface area contributed by atoms with Gasteiger partial charge in [-0.25, -0.2) is 4.79 Å². The summed E-state index contributed by atoms with van der Waals surface area (Å²) in [5.41, 5.74) is 3.69. The summed E-state index contributed by atoms with van der Waals surface area (Å²) < 4.78 is 5.50. The third-order valence-electron chi connectivity index (χ3n) is 5.86. The van der Waals surface area contributed by atoms with Gasteiger partial charge in [0.25, 0.3) is 0 Å². The van der Waals surface area contributed by atoms with Gasteiger partial charge in [-0.15, -0.1) is 0 Å². The van der Waals surface area contributed by atoms with E-state index in [0.717, 1.165) is 52.4 Å². The second-order valence-electron chi connectivity index (χ2n) is 7.78. The van der Waals surface area contributed by atoms with Crippen molar-refractivity contribution in [2.45, 2.75) is 19.0 Å². The van der Waals surface area contributed by atoms with Crippen molar-refractivity contribution in [3.05, 3.63) is 65.7 Å². The maximum absolute atomic E-state index is 11.9. The van der Waals surface area contributed by atoms with Crippen molar-refractivity contribution in [1.29, 1.82) is 0 Å². The maximum atomic E-state index is 11.9. The van der Waals surface area contributed by atoms with Crippen molar-refractivity contribution >= 4 is 11.8 Å². The first-order valence-electron chi connectivity index (χ1n) is 10.4. The molecule has 2 heterocycles. The molecule has 4 rings (SSSR count). The maximum Gasteiger partial charge on any atom is 0.407 e. The van der Waals surface area contributed by atoms with Crippen LogP contribution < -0.4 is 4.90 Å². The zero-order chi connectivity index (χ0) is 20.1. The topological polar surface area (TPSA) is 56.2 Å². The molecule has 1 atom stereocenters. The minimum absolute atomic E-state index is 0.0489. The van der Waals surface area contributed by atoms with Crippen LogP contribution in [0.5, 0.6) is 0 Å². The lowest BCUT2D eigenvalue weighted by Gasteiger charge is -2.41. The molecule has 0 spiro atoms. The highest BCUT2D eigenvalue weighted by Crippen LogP contribution is 2.25. The third kappa shape index (κ3) is 4.89. The number of ether oxygens (including phenoxy) is 1. The monoisotopic (exact) mass is 395 g/mol. The molecule has 0 aliphatic carbocycles. The van der Waals surface area contributed by atoms with Gasteiger partial charge in [-0.3, -0.25) is 4.90 Å². The summed E-state index contributed by atoms with van der Waals surface area (Å²) >= 11 is 0. The van der Waals surface area contributed by atoms with Crippen molar-refractivity contribution < 1.29 is 14.6 Å². The first kappa shape index (κ1) is 19.7. The minimum Gasteiger partial charge on any atom is -0.465 e. The van der Waals surface area contributed by atoms with Gasteiger partial charge in [-0.2, -0.15) is 0 Å². The Morgan fingerprint density at radius 3 is 2.45 bits per heavy atom. The highest BCUT2D eigenvalue weighted by atomic mass is 16.5. The average molecular weight is 396 g/mol. The molecular formula is C23H29N3O3. The number of hydrogen-bond donors (Lipinski definition) is 1. The van der Waals surface area contributed by atoms with Gasteiger partial charge in [0.15, 0.2) is 0 Å². The van der Waals surface area contributed by atoms with Crippen LogP contribution >= 0.6 is 0 Å². The van der Waals surface area contributed by atoms with Crippen molar-refractivity contribution in [2.75, 3.05) is 50.8 Å². The second kappa shape index (κ2) is 9.29. The summed E-state index contributed by atoms with van der Waals surface area (Å²) in [4.78, 5) is 18.2. The Balaban J connectivity index is 1.50. The van der Waals surface area contributed by atoms with Crippen molar-refractivity contribution in [3.8, 4) is 0 Å². The number of piperazine rings is 1. The average Bonchev–Trinajstić information content (AvgIpc) is 2.75. The Hall–Kier alpha value is -2.57. The lowest BCUT2D eigenvalue weighted by atomic mass is 9.99. The second-order valence-corrected chi connectivity index (χ2v) is 7.78. The summed E-state index contributed by atoms with van der Waals surface area (Å²) in [6.07, 6.45) is -0.0938. The minimum atomic E-state index is -0.821. The molecule has 154 valence electrons. The van der Waals surface area contributed by atoms with Gasteiger partial charge in [0, 0.05) is 45.0 Å². The summed E-state index contributed by atoms with van der Waals surface area (Å²) in [5, 5.41) is 9.76. The quantitative estimate of drug-likeness (QED) is 0.844. The molecule has 0 radical (unpaired) electrons. The van der Waals surface area contributed by atoms with Crippen LogP contribution in [0.1, 0.15) is 11.1 Å². The van der Waals surface area contributed by atoms with Crippen LogP contribution in [-0.4, -0.2) is 73.0 Å². The zero-order valence-corrected chi connectivity index (χ0v) is 16.7. The molecule has 29 heavy (non-hydrogen) atoms. The van der Waals surface area contributed by atoms with Crippen LogP contribution in [0.2, 0.25) is 0 Å². The molecule has 2 aromatic rings. The number of benzene rings is 2. The lowest BCUT2D eigenvalue weighted by molar-refractivity contribution is 0.0645. The molecule has 2 aliphatic heterocycles. The molecule has 0 unspecified atom stereocenters. The Labute approximate surface area is 172 Å². The highest BCUT2D eigenvalue weighted by Gasteiger charge is 2.31. The molecular weight excluding hydrogens is 366 g/mol. The Morgan fingerprint density at radius 2 is 1.69 bits per heavy atom. The van der Waals surface area contributed by atoms with E-state index in [2.05, 4.69) is 58.3 Å². The van der Waals surface area contributed by atoms with Crippen molar-refractivity contribution in [1.82, 2.24) is 9.80 Å². The smallest absolute Gasteiger partial charge is 0.407 e. The number of hydrogen-bond acceptors (Lipinski definition) is 4. The first-order chi connectivity index (χ1) is 14.2. The number of para-hydroxylation sites is 1. The molecule has 1 amide bonds. The van der Waals surface area contributed by atoms with Gasteiger partial charge in [-0.1, -0.05) is 48.5 Å². The van der Waals surface area contributed by atoms with E-state index in [4.69, 9.17) is 4.74 Å². The van der Waals surface area contributed by atoms with Crippen LogP contribution in [0.15, 0.2) is 54.6 Å². The van der Waals surface area contributed by atoms with Crippen LogP contribution in [0.3, 0.4) is 0 Å². The summed E-state index contributed by atoms with van der Waals surface area (Å²) in [6, 6.07) is 18.7.